The smallest absolute Gasteiger partial charge is 0.340 e. The van der Waals surface area contributed by atoms with Crippen LogP contribution in [0.4, 0.5) is 0 Å². The summed E-state index contributed by atoms with van der Waals surface area (Å²) in [4.78, 5) is 11.5. The van der Waals surface area contributed by atoms with Crippen molar-refractivity contribution in [2.45, 2.75) is 38.2 Å². The van der Waals surface area contributed by atoms with E-state index in [0.29, 0.717) is 5.56 Å². The van der Waals surface area contributed by atoms with Crippen molar-refractivity contribution in [1.82, 2.24) is 0 Å². The first-order chi connectivity index (χ1) is 8.06. The maximum Gasteiger partial charge on any atom is 0.340 e. The molecule has 1 atom stereocenters. The number of rotatable bonds is 3. The number of aliphatic hydroxyl groups is 1. The standard InChI is InChI=1S/C14H18O3/c1-10-6-2-5-9-12(10)14(17,13(15)16)11-7-3-4-8-11/h2,5-6,9,11,17H,3-4,7-8H2,1H3,(H,15,16). The first-order valence-electron chi connectivity index (χ1n) is 6.08. The van der Waals surface area contributed by atoms with Gasteiger partial charge < -0.3 is 10.2 Å². The van der Waals surface area contributed by atoms with E-state index in [1.54, 1.807) is 12.1 Å². The number of hydrogen-bond acceptors (Lipinski definition) is 2. The van der Waals surface area contributed by atoms with Gasteiger partial charge in [-0.05, 0) is 30.9 Å². The van der Waals surface area contributed by atoms with Crippen LogP contribution in [0, 0.1) is 12.8 Å². The summed E-state index contributed by atoms with van der Waals surface area (Å²) in [6.45, 7) is 1.85. The minimum atomic E-state index is -1.72. The second-order valence-corrected chi connectivity index (χ2v) is 4.87. The van der Waals surface area contributed by atoms with Gasteiger partial charge in [0.25, 0.3) is 0 Å². The van der Waals surface area contributed by atoms with Crippen molar-refractivity contribution in [2.24, 2.45) is 5.92 Å². The summed E-state index contributed by atoms with van der Waals surface area (Å²) >= 11 is 0. The zero-order chi connectivity index (χ0) is 12.5. The molecule has 3 nitrogen and oxygen atoms in total. The van der Waals surface area contributed by atoms with Gasteiger partial charge in [-0.1, -0.05) is 37.1 Å². The first kappa shape index (κ1) is 12.1. The summed E-state index contributed by atoms with van der Waals surface area (Å²) in [6.07, 6.45) is 3.59. The van der Waals surface area contributed by atoms with Crippen molar-refractivity contribution in [2.75, 3.05) is 0 Å². The molecule has 1 aliphatic carbocycles. The molecule has 92 valence electrons. The number of carboxylic acid groups (broad SMARTS) is 1. The van der Waals surface area contributed by atoms with E-state index in [-0.39, 0.29) is 5.92 Å². The van der Waals surface area contributed by atoms with Gasteiger partial charge in [-0.15, -0.1) is 0 Å². The fourth-order valence-electron chi connectivity index (χ4n) is 2.85. The van der Waals surface area contributed by atoms with Gasteiger partial charge in [0.05, 0.1) is 0 Å². The molecule has 0 aromatic heterocycles. The number of carboxylic acids is 1. The molecule has 1 unspecified atom stereocenters. The van der Waals surface area contributed by atoms with E-state index in [1.807, 2.05) is 19.1 Å². The lowest BCUT2D eigenvalue weighted by molar-refractivity contribution is -0.166. The van der Waals surface area contributed by atoms with Crippen LogP contribution in [0.15, 0.2) is 24.3 Å². The molecule has 1 aromatic carbocycles. The Morgan fingerprint density at radius 3 is 2.41 bits per heavy atom. The Morgan fingerprint density at radius 1 is 1.29 bits per heavy atom. The highest BCUT2D eigenvalue weighted by Crippen LogP contribution is 2.41. The first-order valence-corrected chi connectivity index (χ1v) is 6.08. The van der Waals surface area contributed by atoms with Crippen molar-refractivity contribution < 1.29 is 15.0 Å². The summed E-state index contributed by atoms with van der Waals surface area (Å²) in [5.41, 5.74) is -0.342. The SMILES string of the molecule is Cc1ccccc1C(O)(C(=O)O)C1CCCC1. The molecular formula is C14H18O3. The molecule has 0 aliphatic heterocycles. The van der Waals surface area contributed by atoms with Crippen molar-refractivity contribution >= 4 is 5.97 Å². The van der Waals surface area contributed by atoms with Gasteiger partial charge in [-0.3, -0.25) is 0 Å². The Labute approximate surface area is 101 Å². The van der Waals surface area contributed by atoms with Gasteiger partial charge in [0.15, 0.2) is 5.60 Å². The van der Waals surface area contributed by atoms with Gasteiger partial charge >= 0.3 is 5.97 Å². The molecule has 0 spiro atoms. The molecule has 1 fully saturated rings. The van der Waals surface area contributed by atoms with Crippen LogP contribution in [-0.4, -0.2) is 16.2 Å². The summed E-state index contributed by atoms with van der Waals surface area (Å²) < 4.78 is 0. The largest absolute Gasteiger partial charge is 0.479 e. The summed E-state index contributed by atoms with van der Waals surface area (Å²) in [5.74, 6) is -1.29. The van der Waals surface area contributed by atoms with Crippen LogP contribution in [0.25, 0.3) is 0 Å². The molecule has 1 aromatic rings. The van der Waals surface area contributed by atoms with E-state index in [0.717, 1.165) is 31.2 Å². The molecule has 0 radical (unpaired) electrons. The number of benzene rings is 1. The number of aliphatic carboxylic acids is 1. The molecule has 2 N–H and O–H groups in total. The molecule has 0 heterocycles. The van der Waals surface area contributed by atoms with E-state index in [4.69, 9.17) is 0 Å². The lowest BCUT2D eigenvalue weighted by Gasteiger charge is -2.31. The maximum atomic E-state index is 11.5. The lowest BCUT2D eigenvalue weighted by Crippen LogP contribution is -2.42. The molecule has 2 rings (SSSR count). The van der Waals surface area contributed by atoms with Gasteiger partial charge in [-0.2, -0.15) is 0 Å². The van der Waals surface area contributed by atoms with E-state index < -0.39 is 11.6 Å². The van der Waals surface area contributed by atoms with Gasteiger partial charge in [0.1, 0.15) is 0 Å². The Kier molecular flexibility index (Phi) is 3.20. The number of aryl methyl sites for hydroxylation is 1. The second kappa shape index (κ2) is 4.49. The Morgan fingerprint density at radius 2 is 1.88 bits per heavy atom. The zero-order valence-corrected chi connectivity index (χ0v) is 10.0. The number of carbonyl (C=O) groups is 1. The van der Waals surface area contributed by atoms with Crippen LogP contribution in [0.5, 0.6) is 0 Å². The molecule has 17 heavy (non-hydrogen) atoms. The monoisotopic (exact) mass is 234 g/mol. The highest BCUT2D eigenvalue weighted by atomic mass is 16.4. The highest BCUT2D eigenvalue weighted by Gasteiger charge is 2.47. The fraction of sp³-hybridized carbons (Fsp3) is 0.500. The highest BCUT2D eigenvalue weighted by molar-refractivity contribution is 5.80. The normalized spacial score (nSPS) is 20.1. The molecule has 1 aliphatic rings. The summed E-state index contributed by atoms with van der Waals surface area (Å²) in [6, 6.07) is 7.21. The maximum absolute atomic E-state index is 11.5. The Hall–Kier alpha value is -1.35. The summed E-state index contributed by atoms with van der Waals surface area (Å²) in [7, 11) is 0. The van der Waals surface area contributed by atoms with Gasteiger partial charge in [-0.25, -0.2) is 4.79 Å². The van der Waals surface area contributed by atoms with E-state index in [9.17, 15) is 15.0 Å². The Bertz CT molecular complexity index is 421. The molecule has 1 saturated carbocycles. The molecule has 0 saturated heterocycles. The molecule has 3 heteroatoms. The average Bonchev–Trinajstić information content (AvgIpc) is 2.82. The predicted octanol–water partition coefficient (Wildman–Crippen LogP) is 2.46. The number of hydrogen-bond donors (Lipinski definition) is 2. The van der Waals surface area contributed by atoms with Crippen molar-refractivity contribution in [1.29, 1.82) is 0 Å². The molecule has 0 amide bonds. The van der Waals surface area contributed by atoms with Crippen LogP contribution in [-0.2, 0) is 10.4 Å². The third-order valence-corrected chi connectivity index (χ3v) is 3.83. The van der Waals surface area contributed by atoms with Crippen LogP contribution in [0.1, 0.15) is 36.8 Å². The van der Waals surface area contributed by atoms with E-state index in [2.05, 4.69) is 0 Å². The van der Waals surface area contributed by atoms with Crippen molar-refractivity contribution in [3.05, 3.63) is 35.4 Å². The third kappa shape index (κ3) is 1.95. The molecular weight excluding hydrogens is 216 g/mol. The Balaban J connectivity index is 2.47. The van der Waals surface area contributed by atoms with Crippen LogP contribution >= 0.6 is 0 Å². The van der Waals surface area contributed by atoms with Crippen molar-refractivity contribution in [3.63, 3.8) is 0 Å². The van der Waals surface area contributed by atoms with E-state index in [1.165, 1.54) is 0 Å². The summed E-state index contributed by atoms with van der Waals surface area (Å²) in [5, 5.41) is 20.1. The lowest BCUT2D eigenvalue weighted by atomic mass is 9.78. The van der Waals surface area contributed by atoms with Crippen LogP contribution < -0.4 is 0 Å². The fourth-order valence-corrected chi connectivity index (χ4v) is 2.85. The van der Waals surface area contributed by atoms with Gasteiger partial charge in [0, 0.05) is 5.92 Å². The average molecular weight is 234 g/mol. The predicted molar refractivity (Wildman–Crippen MR) is 64.7 cm³/mol. The molecule has 0 bridgehead atoms. The van der Waals surface area contributed by atoms with E-state index >= 15 is 0 Å². The third-order valence-electron chi connectivity index (χ3n) is 3.83. The quantitative estimate of drug-likeness (QED) is 0.844. The second-order valence-electron chi connectivity index (χ2n) is 4.87. The minimum Gasteiger partial charge on any atom is -0.479 e. The van der Waals surface area contributed by atoms with Crippen LogP contribution in [0.3, 0.4) is 0 Å². The zero-order valence-electron chi connectivity index (χ0n) is 10.0. The van der Waals surface area contributed by atoms with Crippen molar-refractivity contribution in [3.8, 4) is 0 Å². The minimum absolute atomic E-state index is 0.166. The van der Waals surface area contributed by atoms with Gasteiger partial charge in [0.2, 0.25) is 0 Å². The topological polar surface area (TPSA) is 57.5 Å². The van der Waals surface area contributed by atoms with Crippen LogP contribution in [0.2, 0.25) is 0 Å².